The number of ether oxygens (including phenoxy) is 1. The van der Waals surface area contributed by atoms with E-state index in [1.54, 1.807) is 0 Å². The maximum Gasteiger partial charge on any atom is 0.0472 e. The number of thiol groups is 1. The summed E-state index contributed by atoms with van der Waals surface area (Å²) in [5.41, 5.74) is 1.02. The Kier molecular flexibility index (Phi) is 5.01. The molecule has 0 amide bonds. The van der Waals surface area contributed by atoms with E-state index in [1.807, 2.05) is 0 Å². The van der Waals surface area contributed by atoms with Crippen LogP contribution >= 0.6 is 12.6 Å². The van der Waals surface area contributed by atoms with Gasteiger partial charge in [0.1, 0.15) is 0 Å². The van der Waals surface area contributed by atoms with Crippen LogP contribution in [0.25, 0.3) is 0 Å². The van der Waals surface area contributed by atoms with Crippen LogP contribution in [0.1, 0.15) is 46.0 Å². The number of hydrogen-bond donors (Lipinski definition) is 1. The van der Waals surface area contributed by atoms with Crippen molar-refractivity contribution in [2.75, 3.05) is 38.6 Å². The Bertz CT molecular complexity index is 259. The molecule has 0 bridgehead atoms. The Labute approximate surface area is 118 Å². The van der Waals surface area contributed by atoms with Crippen molar-refractivity contribution < 1.29 is 4.74 Å². The average molecular weight is 271 g/mol. The molecule has 2 aliphatic rings. The van der Waals surface area contributed by atoms with Gasteiger partial charge in [-0.2, -0.15) is 12.6 Å². The lowest BCUT2D eigenvalue weighted by Gasteiger charge is -2.39. The van der Waals surface area contributed by atoms with Crippen LogP contribution in [0, 0.1) is 10.8 Å². The van der Waals surface area contributed by atoms with Gasteiger partial charge in [0.05, 0.1) is 0 Å². The van der Waals surface area contributed by atoms with Gasteiger partial charge in [-0.05, 0) is 55.2 Å². The molecule has 0 aliphatic carbocycles. The quantitative estimate of drug-likeness (QED) is 0.771. The Morgan fingerprint density at radius 1 is 1.06 bits per heavy atom. The molecule has 2 fully saturated rings. The monoisotopic (exact) mass is 271 g/mol. The molecule has 2 saturated heterocycles. The summed E-state index contributed by atoms with van der Waals surface area (Å²) < 4.78 is 5.52. The standard InChI is InChI=1S/C15H29NOS/c1-3-14(4-2)5-8-16(11-14)12-15(13-18)6-9-17-10-7-15/h18H,3-13H2,1-2H3. The van der Waals surface area contributed by atoms with Crippen molar-refractivity contribution in [2.24, 2.45) is 10.8 Å². The first kappa shape index (κ1) is 14.7. The van der Waals surface area contributed by atoms with Crippen molar-refractivity contribution >= 4 is 12.6 Å². The zero-order valence-corrected chi connectivity index (χ0v) is 13.0. The van der Waals surface area contributed by atoms with Crippen molar-refractivity contribution in [3.8, 4) is 0 Å². The molecule has 0 atom stereocenters. The van der Waals surface area contributed by atoms with Crippen LogP contribution in [0.2, 0.25) is 0 Å². The summed E-state index contributed by atoms with van der Waals surface area (Å²) in [5.74, 6) is 1.01. The predicted octanol–water partition coefficient (Wildman–Crippen LogP) is 3.23. The molecule has 2 rings (SSSR count). The summed E-state index contributed by atoms with van der Waals surface area (Å²) >= 11 is 4.63. The van der Waals surface area contributed by atoms with Gasteiger partial charge in [0.25, 0.3) is 0 Å². The fraction of sp³-hybridized carbons (Fsp3) is 1.00. The fourth-order valence-corrected chi connectivity index (χ4v) is 4.05. The molecular formula is C15H29NOS. The Morgan fingerprint density at radius 2 is 1.72 bits per heavy atom. The highest BCUT2D eigenvalue weighted by molar-refractivity contribution is 7.80. The summed E-state index contributed by atoms with van der Waals surface area (Å²) in [6.45, 7) is 10.4. The minimum atomic E-state index is 0.416. The molecule has 0 radical (unpaired) electrons. The van der Waals surface area contributed by atoms with Crippen molar-refractivity contribution in [3.63, 3.8) is 0 Å². The van der Waals surface area contributed by atoms with Crippen LogP contribution in [-0.2, 0) is 4.74 Å². The summed E-state index contributed by atoms with van der Waals surface area (Å²) in [7, 11) is 0. The van der Waals surface area contributed by atoms with Crippen LogP contribution in [0.5, 0.6) is 0 Å². The smallest absolute Gasteiger partial charge is 0.0472 e. The molecule has 2 aliphatic heterocycles. The van der Waals surface area contributed by atoms with Gasteiger partial charge in [-0.3, -0.25) is 0 Å². The maximum atomic E-state index is 5.52. The molecule has 106 valence electrons. The van der Waals surface area contributed by atoms with E-state index in [4.69, 9.17) is 4.74 Å². The van der Waals surface area contributed by atoms with Gasteiger partial charge in [-0.25, -0.2) is 0 Å². The first-order valence-corrected chi connectivity index (χ1v) is 8.22. The van der Waals surface area contributed by atoms with Crippen LogP contribution in [0.3, 0.4) is 0 Å². The van der Waals surface area contributed by atoms with Crippen molar-refractivity contribution in [1.29, 1.82) is 0 Å². The SMILES string of the molecule is CCC1(CC)CCN(CC2(CS)CCOCC2)C1. The lowest BCUT2D eigenvalue weighted by atomic mass is 9.80. The highest BCUT2D eigenvalue weighted by atomic mass is 32.1. The average Bonchev–Trinajstić information content (AvgIpc) is 2.84. The Hall–Kier alpha value is 0.270. The topological polar surface area (TPSA) is 12.5 Å². The molecule has 2 heterocycles. The van der Waals surface area contributed by atoms with Gasteiger partial charge in [0.2, 0.25) is 0 Å². The number of hydrogen-bond acceptors (Lipinski definition) is 3. The fourth-order valence-electron chi connectivity index (χ4n) is 3.63. The third-order valence-corrected chi connectivity index (χ3v) is 6.14. The van der Waals surface area contributed by atoms with Crippen LogP contribution in [0.4, 0.5) is 0 Å². The van der Waals surface area contributed by atoms with Gasteiger partial charge in [-0.1, -0.05) is 13.8 Å². The summed E-state index contributed by atoms with van der Waals surface area (Å²) in [4.78, 5) is 2.70. The van der Waals surface area contributed by atoms with E-state index in [9.17, 15) is 0 Å². The van der Waals surface area contributed by atoms with Crippen molar-refractivity contribution in [1.82, 2.24) is 4.90 Å². The first-order valence-electron chi connectivity index (χ1n) is 7.58. The summed E-state index contributed by atoms with van der Waals surface area (Å²) in [5, 5.41) is 0. The van der Waals surface area contributed by atoms with E-state index >= 15 is 0 Å². The second-order valence-corrected chi connectivity index (χ2v) is 6.75. The minimum Gasteiger partial charge on any atom is -0.381 e. The van der Waals surface area contributed by atoms with Gasteiger partial charge < -0.3 is 9.64 Å². The number of likely N-dealkylation sites (tertiary alicyclic amines) is 1. The molecule has 0 spiro atoms. The molecule has 0 unspecified atom stereocenters. The van der Waals surface area contributed by atoms with Crippen molar-refractivity contribution in [3.05, 3.63) is 0 Å². The molecule has 0 aromatic carbocycles. The molecule has 0 aromatic rings. The molecule has 3 heteroatoms. The van der Waals surface area contributed by atoms with Gasteiger partial charge >= 0.3 is 0 Å². The van der Waals surface area contributed by atoms with E-state index in [2.05, 4.69) is 31.4 Å². The number of rotatable bonds is 5. The molecule has 18 heavy (non-hydrogen) atoms. The molecular weight excluding hydrogens is 242 g/mol. The van der Waals surface area contributed by atoms with Crippen LogP contribution < -0.4 is 0 Å². The van der Waals surface area contributed by atoms with Crippen LogP contribution in [-0.4, -0.2) is 43.5 Å². The van der Waals surface area contributed by atoms with Gasteiger partial charge in [0, 0.05) is 26.3 Å². The van der Waals surface area contributed by atoms with Gasteiger partial charge in [-0.15, -0.1) is 0 Å². The third kappa shape index (κ3) is 3.05. The van der Waals surface area contributed by atoms with E-state index in [1.165, 1.54) is 51.7 Å². The largest absolute Gasteiger partial charge is 0.381 e. The highest BCUT2D eigenvalue weighted by Gasteiger charge is 2.39. The lowest BCUT2D eigenvalue weighted by Crippen LogP contribution is -2.42. The van der Waals surface area contributed by atoms with E-state index in [0.717, 1.165) is 19.0 Å². The maximum absolute atomic E-state index is 5.52. The zero-order chi connectivity index (χ0) is 13.1. The Morgan fingerprint density at radius 3 is 2.22 bits per heavy atom. The molecule has 0 aromatic heterocycles. The second kappa shape index (κ2) is 6.15. The number of nitrogens with zero attached hydrogens (tertiary/aromatic N) is 1. The first-order chi connectivity index (χ1) is 8.67. The minimum absolute atomic E-state index is 0.416. The lowest BCUT2D eigenvalue weighted by molar-refractivity contribution is 0.00948. The summed E-state index contributed by atoms with van der Waals surface area (Å²) in [6, 6.07) is 0. The summed E-state index contributed by atoms with van der Waals surface area (Å²) in [6.07, 6.45) is 6.43. The van der Waals surface area contributed by atoms with Crippen LogP contribution in [0.15, 0.2) is 0 Å². The highest BCUT2D eigenvalue weighted by Crippen LogP contribution is 2.40. The third-order valence-electron chi connectivity index (χ3n) is 5.47. The van der Waals surface area contributed by atoms with E-state index < -0.39 is 0 Å². The Balaban J connectivity index is 1.93. The van der Waals surface area contributed by atoms with Gasteiger partial charge in [0.15, 0.2) is 0 Å². The van der Waals surface area contributed by atoms with E-state index in [-0.39, 0.29) is 0 Å². The molecule has 0 saturated carbocycles. The second-order valence-electron chi connectivity index (χ2n) is 6.44. The van der Waals surface area contributed by atoms with Crippen molar-refractivity contribution in [2.45, 2.75) is 46.0 Å². The molecule has 0 N–H and O–H groups in total. The molecule has 2 nitrogen and oxygen atoms in total. The normalized spacial score (nSPS) is 27.5. The van der Waals surface area contributed by atoms with E-state index in [0.29, 0.717) is 10.8 Å². The zero-order valence-electron chi connectivity index (χ0n) is 12.1. The predicted molar refractivity (Wildman–Crippen MR) is 80.4 cm³/mol.